The number of benzene rings is 1. The second kappa shape index (κ2) is 9.85. The van der Waals surface area contributed by atoms with Crippen LogP contribution in [0.2, 0.25) is 5.02 Å². The molecule has 0 saturated carbocycles. The SMILES string of the molecule is CN(C)C(CNC(=O)C1CCN(C(=O)c2cccnc2)CC1)c1ccccc1Cl. The number of likely N-dealkylation sites (N-methyl/N-ethyl adjacent to an activating group) is 1. The van der Waals surface area contributed by atoms with Crippen LogP contribution in [-0.4, -0.2) is 60.3 Å². The summed E-state index contributed by atoms with van der Waals surface area (Å²) in [7, 11) is 3.95. The Morgan fingerprint density at radius 1 is 1.21 bits per heavy atom. The minimum absolute atomic E-state index is 0.0000950. The quantitative estimate of drug-likeness (QED) is 0.789. The molecule has 0 aliphatic carbocycles. The van der Waals surface area contributed by atoms with Gasteiger partial charge in [0.2, 0.25) is 5.91 Å². The Morgan fingerprint density at radius 3 is 2.55 bits per heavy atom. The minimum Gasteiger partial charge on any atom is -0.354 e. The smallest absolute Gasteiger partial charge is 0.255 e. The van der Waals surface area contributed by atoms with E-state index in [4.69, 9.17) is 11.6 Å². The maximum absolute atomic E-state index is 12.7. The van der Waals surface area contributed by atoms with Gasteiger partial charge >= 0.3 is 0 Å². The average Bonchev–Trinajstić information content (AvgIpc) is 2.75. The van der Waals surface area contributed by atoms with Crippen molar-refractivity contribution in [1.29, 1.82) is 0 Å². The van der Waals surface area contributed by atoms with Gasteiger partial charge in [-0.25, -0.2) is 0 Å². The van der Waals surface area contributed by atoms with Crippen LogP contribution in [-0.2, 0) is 4.79 Å². The number of amides is 2. The van der Waals surface area contributed by atoms with E-state index in [-0.39, 0.29) is 23.8 Å². The monoisotopic (exact) mass is 414 g/mol. The predicted octanol–water partition coefficient (Wildman–Crippen LogP) is 3.01. The minimum atomic E-state index is -0.0815. The first kappa shape index (κ1) is 21.3. The molecular formula is C22H27ClN4O2. The molecule has 2 heterocycles. The van der Waals surface area contributed by atoms with Crippen molar-refractivity contribution in [3.63, 3.8) is 0 Å². The van der Waals surface area contributed by atoms with Crippen LogP contribution < -0.4 is 5.32 Å². The van der Waals surface area contributed by atoms with Gasteiger partial charge in [0, 0.05) is 43.0 Å². The van der Waals surface area contributed by atoms with E-state index in [0.717, 1.165) is 5.56 Å². The molecule has 1 atom stereocenters. The van der Waals surface area contributed by atoms with Crippen molar-refractivity contribution in [3.05, 3.63) is 64.9 Å². The summed E-state index contributed by atoms with van der Waals surface area (Å²) in [5.41, 5.74) is 1.58. The number of carbonyl (C=O) groups excluding carboxylic acids is 2. The third-order valence-electron chi connectivity index (χ3n) is 5.42. The number of likely N-dealkylation sites (tertiary alicyclic amines) is 1. The maximum atomic E-state index is 12.7. The van der Waals surface area contributed by atoms with Gasteiger partial charge in [0.15, 0.2) is 0 Å². The molecule has 0 bridgehead atoms. The second-order valence-corrected chi connectivity index (χ2v) is 7.96. The van der Waals surface area contributed by atoms with Gasteiger partial charge in [0.25, 0.3) is 5.91 Å². The van der Waals surface area contributed by atoms with Crippen LogP contribution in [0.4, 0.5) is 0 Å². The van der Waals surface area contributed by atoms with E-state index in [1.807, 2.05) is 38.4 Å². The average molecular weight is 415 g/mol. The largest absolute Gasteiger partial charge is 0.354 e. The Hall–Kier alpha value is -2.44. The fraction of sp³-hybridized carbons (Fsp3) is 0.409. The number of halogens is 1. The summed E-state index contributed by atoms with van der Waals surface area (Å²) >= 11 is 6.34. The molecule has 2 amide bonds. The Kier molecular flexibility index (Phi) is 7.23. The molecule has 3 rings (SSSR count). The van der Waals surface area contributed by atoms with E-state index in [1.54, 1.807) is 29.4 Å². The van der Waals surface area contributed by atoms with Gasteiger partial charge in [-0.2, -0.15) is 0 Å². The van der Waals surface area contributed by atoms with Crippen LogP contribution in [0.15, 0.2) is 48.8 Å². The number of hydrogen-bond acceptors (Lipinski definition) is 4. The molecule has 2 aromatic rings. The fourth-order valence-corrected chi connectivity index (χ4v) is 3.94. The van der Waals surface area contributed by atoms with Gasteiger partial charge in [-0.1, -0.05) is 29.8 Å². The summed E-state index contributed by atoms with van der Waals surface area (Å²) in [6, 6.07) is 11.2. The highest BCUT2D eigenvalue weighted by Crippen LogP contribution is 2.26. The molecule has 1 unspecified atom stereocenters. The zero-order valence-electron chi connectivity index (χ0n) is 16.8. The molecular weight excluding hydrogens is 388 g/mol. The standard InChI is InChI=1S/C22H27ClN4O2/c1-26(2)20(18-7-3-4-8-19(18)23)15-25-21(28)16-9-12-27(13-10-16)22(29)17-6-5-11-24-14-17/h3-8,11,14,16,20H,9-10,12-13,15H2,1-2H3,(H,25,28). The van der Waals surface area contributed by atoms with E-state index in [1.165, 1.54) is 0 Å². The summed E-state index contributed by atoms with van der Waals surface area (Å²) in [5.74, 6) is -0.0669. The Balaban J connectivity index is 1.53. The van der Waals surface area contributed by atoms with Crippen molar-refractivity contribution >= 4 is 23.4 Å². The third kappa shape index (κ3) is 5.34. The van der Waals surface area contributed by atoms with Crippen molar-refractivity contribution in [1.82, 2.24) is 20.1 Å². The Labute approximate surface area is 176 Å². The van der Waals surface area contributed by atoms with Crippen LogP contribution in [0.5, 0.6) is 0 Å². The highest BCUT2D eigenvalue weighted by molar-refractivity contribution is 6.31. The highest BCUT2D eigenvalue weighted by Gasteiger charge is 2.28. The number of hydrogen-bond donors (Lipinski definition) is 1. The van der Waals surface area contributed by atoms with Crippen molar-refractivity contribution in [2.45, 2.75) is 18.9 Å². The summed E-state index contributed by atoms with van der Waals surface area (Å²) in [4.78, 5) is 33.1. The molecule has 1 aromatic heterocycles. The summed E-state index contributed by atoms with van der Waals surface area (Å²) in [6.07, 6.45) is 4.56. The van der Waals surface area contributed by atoms with E-state index >= 15 is 0 Å². The van der Waals surface area contributed by atoms with Gasteiger partial charge in [-0.15, -0.1) is 0 Å². The lowest BCUT2D eigenvalue weighted by atomic mass is 9.95. The van der Waals surface area contributed by atoms with Gasteiger partial charge in [0.1, 0.15) is 0 Å². The van der Waals surface area contributed by atoms with E-state index in [9.17, 15) is 9.59 Å². The topological polar surface area (TPSA) is 65.5 Å². The molecule has 7 heteroatoms. The summed E-state index contributed by atoms with van der Waals surface area (Å²) in [6.45, 7) is 1.64. The number of rotatable bonds is 6. The first-order valence-electron chi connectivity index (χ1n) is 9.85. The second-order valence-electron chi connectivity index (χ2n) is 7.55. The first-order chi connectivity index (χ1) is 14.0. The lowest BCUT2D eigenvalue weighted by Gasteiger charge is -2.32. The van der Waals surface area contributed by atoms with Gasteiger partial charge < -0.3 is 15.1 Å². The lowest BCUT2D eigenvalue weighted by molar-refractivity contribution is -0.126. The number of nitrogens with zero attached hydrogens (tertiary/aromatic N) is 3. The van der Waals surface area contributed by atoms with E-state index in [0.29, 0.717) is 43.1 Å². The molecule has 29 heavy (non-hydrogen) atoms. The summed E-state index contributed by atoms with van der Waals surface area (Å²) < 4.78 is 0. The normalized spacial score (nSPS) is 15.9. The predicted molar refractivity (Wildman–Crippen MR) is 114 cm³/mol. The zero-order valence-corrected chi connectivity index (χ0v) is 17.6. The number of nitrogens with one attached hydrogen (secondary N) is 1. The summed E-state index contributed by atoms with van der Waals surface area (Å²) in [5, 5.41) is 3.78. The molecule has 1 fully saturated rings. The van der Waals surface area contributed by atoms with Crippen LogP contribution in [0.1, 0.15) is 34.8 Å². The third-order valence-corrected chi connectivity index (χ3v) is 5.76. The number of pyridine rings is 1. The maximum Gasteiger partial charge on any atom is 0.255 e. The number of carbonyl (C=O) groups is 2. The van der Waals surface area contributed by atoms with Crippen molar-refractivity contribution < 1.29 is 9.59 Å². The van der Waals surface area contributed by atoms with Gasteiger partial charge in [0.05, 0.1) is 11.6 Å². The van der Waals surface area contributed by atoms with Crippen LogP contribution in [0, 0.1) is 5.92 Å². The Bertz CT molecular complexity index is 836. The van der Waals surface area contributed by atoms with E-state index < -0.39 is 0 Å². The molecule has 154 valence electrons. The molecule has 6 nitrogen and oxygen atoms in total. The van der Waals surface area contributed by atoms with Crippen molar-refractivity contribution in [2.75, 3.05) is 33.7 Å². The molecule has 1 saturated heterocycles. The van der Waals surface area contributed by atoms with Crippen molar-refractivity contribution in [3.8, 4) is 0 Å². The molecule has 0 spiro atoms. The van der Waals surface area contributed by atoms with Crippen LogP contribution >= 0.6 is 11.6 Å². The van der Waals surface area contributed by atoms with E-state index in [2.05, 4.69) is 15.2 Å². The number of piperidine rings is 1. The van der Waals surface area contributed by atoms with Crippen LogP contribution in [0.25, 0.3) is 0 Å². The van der Waals surface area contributed by atoms with Crippen LogP contribution in [0.3, 0.4) is 0 Å². The Morgan fingerprint density at radius 2 is 1.93 bits per heavy atom. The lowest BCUT2D eigenvalue weighted by Crippen LogP contribution is -2.44. The first-order valence-corrected chi connectivity index (χ1v) is 10.2. The van der Waals surface area contributed by atoms with Gasteiger partial charge in [-0.3, -0.25) is 14.6 Å². The molecule has 0 radical (unpaired) electrons. The number of aromatic nitrogens is 1. The van der Waals surface area contributed by atoms with Gasteiger partial charge in [-0.05, 0) is 50.7 Å². The molecule has 1 aromatic carbocycles. The fourth-order valence-electron chi connectivity index (χ4n) is 3.67. The molecule has 1 aliphatic rings. The molecule has 1 aliphatic heterocycles. The zero-order chi connectivity index (χ0) is 20.8. The highest BCUT2D eigenvalue weighted by atomic mass is 35.5. The van der Waals surface area contributed by atoms with Crippen molar-refractivity contribution in [2.24, 2.45) is 5.92 Å². The molecule has 1 N–H and O–H groups in total.